The summed E-state index contributed by atoms with van der Waals surface area (Å²) < 4.78 is 0. The summed E-state index contributed by atoms with van der Waals surface area (Å²) >= 11 is 0. The van der Waals surface area contributed by atoms with Crippen molar-refractivity contribution < 1.29 is 4.79 Å². The molecule has 0 atom stereocenters. The zero-order valence-corrected chi connectivity index (χ0v) is 10.0. The summed E-state index contributed by atoms with van der Waals surface area (Å²) in [6.07, 6.45) is 3.22. The number of rotatable bonds is 1. The van der Waals surface area contributed by atoms with E-state index in [0.29, 0.717) is 18.1 Å². The molecule has 2 heterocycles. The number of hydrogen-bond donors (Lipinski definition) is 0. The Labute approximate surface area is 100 Å². The first-order valence-electron chi connectivity index (χ1n) is 6.06. The van der Waals surface area contributed by atoms with Gasteiger partial charge in [0, 0.05) is 44.4 Å². The van der Waals surface area contributed by atoms with E-state index < -0.39 is 0 Å². The number of carbonyl (C=O) groups is 1. The van der Waals surface area contributed by atoms with E-state index in [1.165, 1.54) is 0 Å². The smallest absolute Gasteiger partial charge is 0.226 e. The second-order valence-corrected chi connectivity index (χ2v) is 4.76. The fourth-order valence-corrected chi connectivity index (χ4v) is 2.35. The van der Waals surface area contributed by atoms with Gasteiger partial charge in [0.2, 0.25) is 5.95 Å². The Balaban J connectivity index is 1.84. The van der Waals surface area contributed by atoms with Crippen LogP contribution < -0.4 is 4.90 Å². The molecule has 0 bridgehead atoms. The fraction of sp³-hybridized carbons (Fsp3) is 0.583. The summed E-state index contributed by atoms with van der Waals surface area (Å²) in [4.78, 5) is 24.9. The van der Waals surface area contributed by atoms with E-state index in [4.69, 9.17) is 0 Å². The molecule has 2 aliphatic rings. The zero-order chi connectivity index (χ0) is 11.8. The predicted octanol–water partition coefficient (Wildman–Crippen LogP) is 0.357. The monoisotopic (exact) mass is 232 g/mol. The van der Waals surface area contributed by atoms with Crippen LogP contribution in [0.2, 0.25) is 0 Å². The number of anilines is 1. The Bertz CT molecular complexity index is 452. The SMILES string of the molecule is CN1CCN(c2ncc3c(n2)C(=O)CC3)CC1. The zero-order valence-electron chi connectivity index (χ0n) is 10.0. The summed E-state index contributed by atoms with van der Waals surface area (Å²) in [5.41, 5.74) is 1.65. The second-order valence-electron chi connectivity index (χ2n) is 4.76. The van der Waals surface area contributed by atoms with E-state index in [1.54, 1.807) is 0 Å². The summed E-state index contributed by atoms with van der Waals surface area (Å²) in [7, 11) is 2.12. The molecule has 1 aliphatic heterocycles. The van der Waals surface area contributed by atoms with Gasteiger partial charge < -0.3 is 9.80 Å². The van der Waals surface area contributed by atoms with Gasteiger partial charge in [-0.25, -0.2) is 9.97 Å². The first-order valence-corrected chi connectivity index (χ1v) is 6.06. The van der Waals surface area contributed by atoms with Crippen molar-refractivity contribution in [2.24, 2.45) is 0 Å². The van der Waals surface area contributed by atoms with Crippen LogP contribution in [0.25, 0.3) is 0 Å². The number of hydrogen-bond acceptors (Lipinski definition) is 5. The number of aromatic nitrogens is 2. The van der Waals surface area contributed by atoms with Gasteiger partial charge in [0.05, 0.1) is 0 Å². The largest absolute Gasteiger partial charge is 0.338 e. The van der Waals surface area contributed by atoms with Crippen LogP contribution in [-0.2, 0) is 6.42 Å². The molecule has 1 fully saturated rings. The normalized spacial score (nSPS) is 20.8. The van der Waals surface area contributed by atoms with Crippen molar-refractivity contribution in [1.29, 1.82) is 0 Å². The number of fused-ring (bicyclic) bond motifs is 1. The summed E-state index contributed by atoms with van der Waals surface area (Å²) in [6.45, 7) is 3.91. The Morgan fingerprint density at radius 1 is 1.18 bits per heavy atom. The first-order chi connectivity index (χ1) is 8.24. The molecule has 17 heavy (non-hydrogen) atoms. The van der Waals surface area contributed by atoms with Gasteiger partial charge in [-0.3, -0.25) is 4.79 Å². The molecule has 5 nitrogen and oxygen atoms in total. The maximum atomic E-state index is 11.6. The second kappa shape index (κ2) is 4.07. The lowest BCUT2D eigenvalue weighted by Gasteiger charge is -2.32. The van der Waals surface area contributed by atoms with Crippen molar-refractivity contribution >= 4 is 11.7 Å². The van der Waals surface area contributed by atoms with Crippen molar-refractivity contribution in [3.8, 4) is 0 Å². The Kier molecular flexibility index (Phi) is 2.55. The van der Waals surface area contributed by atoms with Gasteiger partial charge in [-0.1, -0.05) is 0 Å². The number of aryl methyl sites for hydroxylation is 1. The maximum absolute atomic E-state index is 11.6. The molecule has 1 aromatic rings. The lowest BCUT2D eigenvalue weighted by molar-refractivity contribution is 0.0990. The molecule has 0 amide bonds. The molecular formula is C12H16N4O. The molecule has 0 radical (unpaired) electrons. The van der Waals surface area contributed by atoms with Crippen LogP contribution in [0.5, 0.6) is 0 Å². The Morgan fingerprint density at radius 3 is 2.71 bits per heavy atom. The minimum atomic E-state index is 0.165. The van der Waals surface area contributed by atoms with Gasteiger partial charge in [-0.15, -0.1) is 0 Å². The molecule has 0 saturated carbocycles. The highest BCUT2D eigenvalue weighted by Gasteiger charge is 2.24. The van der Waals surface area contributed by atoms with E-state index in [9.17, 15) is 4.79 Å². The van der Waals surface area contributed by atoms with E-state index in [-0.39, 0.29) is 5.78 Å². The predicted molar refractivity (Wildman–Crippen MR) is 64.4 cm³/mol. The molecule has 0 aromatic carbocycles. The topological polar surface area (TPSA) is 49.3 Å². The number of ketones is 1. The van der Waals surface area contributed by atoms with Crippen molar-refractivity contribution in [2.45, 2.75) is 12.8 Å². The minimum Gasteiger partial charge on any atom is -0.338 e. The highest BCUT2D eigenvalue weighted by Crippen LogP contribution is 2.21. The molecule has 1 aromatic heterocycles. The maximum Gasteiger partial charge on any atom is 0.226 e. The van der Waals surface area contributed by atoms with Gasteiger partial charge in [0.1, 0.15) is 5.69 Å². The average Bonchev–Trinajstić information content (AvgIpc) is 2.72. The fourth-order valence-electron chi connectivity index (χ4n) is 2.35. The summed E-state index contributed by atoms with van der Waals surface area (Å²) in [5.74, 6) is 0.880. The third-order valence-corrected chi connectivity index (χ3v) is 3.52. The summed E-state index contributed by atoms with van der Waals surface area (Å²) in [6, 6.07) is 0. The number of nitrogens with zero attached hydrogens (tertiary/aromatic N) is 4. The highest BCUT2D eigenvalue weighted by molar-refractivity contribution is 5.98. The number of likely N-dealkylation sites (N-methyl/N-ethyl adjacent to an activating group) is 1. The molecule has 90 valence electrons. The van der Waals surface area contributed by atoms with Crippen molar-refractivity contribution in [2.75, 3.05) is 38.1 Å². The van der Waals surface area contributed by atoms with Gasteiger partial charge in [-0.05, 0) is 13.5 Å². The molecule has 0 N–H and O–H groups in total. The summed E-state index contributed by atoms with van der Waals surface area (Å²) in [5, 5.41) is 0. The van der Waals surface area contributed by atoms with Crippen LogP contribution in [0.4, 0.5) is 5.95 Å². The van der Waals surface area contributed by atoms with Gasteiger partial charge in [0.15, 0.2) is 5.78 Å². The van der Waals surface area contributed by atoms with Crippen LogP contribution in [0, 0.1) is 0 Å². The van der Waals surface area contributed by atoms with Crippen LogP contribution in [-0.4, -0.2) is 53.9 Å². The van der Waals surface area contributed by atoms with Crippen molar-refractivity contribution in [3.63, 3.8) is 0 Å². The average molecular weight is 232 g/mol. The molecule has 0 spiro atoms. The Morgan fingerprint density at radius 2 is 1.94 bits per heavy atom. The third kappa shape index (κ3) is 1.91. The van der Waals surface area contributed by atoms with Gasteiger partial charge in [-0.2, -0.15) is 0 Å². The lowest BCUT2D eigenvalue weighted by atomic mass is 10.3. The molecule has 5 heteroatoms. The van der Waals surface area contributed by atoms with Crippen molar-refractivity contribution in [3.05, 3.63) is 17.5 Å². The van der Waals surface area contributed by atoms with Crippen LogP contribution in [0.1, 0.15) is 22.5 Å². The highest BCUT2D eigenvalue weighted by atomic mass is 16.1. The van der Waals surface area contributed by atoms with Crippen LogP contribution in [0.15, 0.2) is 6.20 Å². The quantitative estimate of drug-likeness (QED) is 0.699. The number of carbonyl (C=O) groups excluding carboxylic acids is 1. The van der Waals surface area contributed by atoms with Gasteiger partial charge >= 0.3 is 0 Å². The first kappa shape index (κ1) is 10.7. The Hall–Kier alpha value is -1.49. The van der Waals surface area contributed by atoms with E-state index in [1.807, 2.05) is 6.20 Å². The van der Waals surface area contributed by atoms with Crippen LogP contribution >= 0.6 is 0 Å². The lowest BCUT2D eigenvalue weighted by Crippen LogP contribution is -2.45. The van der Waals surface area contributed by atoms with E-state index in [2.05, 4.69) is 26.8 Å². The third-order valence-electron chi connectivity index (χ3n) is 3.52. The molecule has 1 saturated heterocycles. The molecule has 0 unspecified atom stereocenters. The van der Waals surface area contributed by atoms with Crippen molar-refractivity contribution in [1.82, 2.24) is 14.9 Å². The minimum absolute atomic E-state index is 0.165. The molecular weight excluding hydrogens is 216 g/mol. The molecule has 3 rings (SSSR count). The standard InChI is InChI=1S/C12H16N4O/c1-15-4-6-16(7-5-15)12-13-8-9-2-3-10(17)11(9)14-12/h8H,2-7H2,1H3. The van der Waals surface area contributed by atoms with E-state index in [0.717, 1.165) is 38.2 Å². The number of Topliss-reactive ketones (excluding diaryl/α,β-unsaturated/α-hetero) is 1. The molecule has 1 aliphatic carbocycles. The number of piperazine rings is 1. The van der Waals surface area contributed by atoms with Crippen LogP contribution in [0.3, 0.4) is 0 Å². The van der Waals surface area contributed by atoms with Gasteiger partial charge in [0.25, 0.3) is 0 Å². The van der Waals surface area contributed by atoms with E-state index >= 15 is 0 Å².